The van der Waals surface area contributed by atoms with E-state index >= 15 is 0 Å². The number of aryl methyl sites for hydroxylation is 2. The molecule has 0 unspecified atom stereocenters. The van der Waals surface area contributed by atoms with Crippen LogP contribution in [0.4, 0.5) is 0 Å². The monoisotopic (exact) mass is 298 g/mol. The summed E-state index contributed by atoms with van der Waals surface area (Å²) < 4.78 is 12.5. The van der Waals surface area contributed by atoms with Gasteiger partial charge in [0.25, 0.3) is 0 Å². The highest BCUT2D eigenvalue weighted by Gasteiger charge is 2.24. The fourth-order valence-electron chi connectivity index (χ4n) is 2.72. The summed E-state index contributed by atoms with van der Waals surface area (Å²) in [6.07, 6.45) is 6.92. The minimum absolute atomic E-state index is 0.0448. The van der Waals surface area contributed by atoms with Gasteiger partial charge in [-0.15, -0.1) is 0 Å². The summed E-state index contributed by atoms with van der Waals surface area (Å²) in [5.74, 6) is 1.29. The number of carbonyl (C=O) groups is 1. The third-order valence-corrected chi connectivity index (χ3v) is 3.99. The summed E-state index contributed by atoms with van der Waals surface area (Å²) in [5, 5.41) is 0. The Bertz CT molecular complexity index is 759. The highest BCUT2D eigenvalue weighted by atomic mass is 16.5. The van der Waals surface area contributed by atoms with Gasteiger partial charge in [-0.25, -0.2) is 4.98 Å². The lowest BCUT2D eigenvalue weighted by atomic mass is 9.86. The van der Waals surface area contributed by atoms with Gasteiger partial charge in [0.15, 0.2) is 17.3 Å². The average Bonchev–Trinajstić information content (AvgIpc) is 2.94. The normalized spacial score (nSPS) is 15.8. The average molecular weight is 298 g/mol. The third-order valence-electron chi connectivity index (χ3n) is 3.99. The third kappa shape index (κ3) is 2.39. The van der Waals surface area contributed by atoms with Gasteiger partial charge in [0, 0.05) is 18.2 Å². The first kappa shape index (κ1) is 14.4. The van der Waals surface area contributed by atoms with Gasteiger partial charge in [0.2, 0.25) is 0 Å². The van der Waals surface area contributed by atoms with Crippen molar-refractivity contribution in [2.75, 3.05) is 14.2 Å². The maximum Gasteiger partial charge on any atom is 0.189 e. The molecule has 1 aromatic heterocycles. The molecule has 0 bridgehead atoms. The van der Waals surface area contributed by atoms with Crippen LogP contribution in [0.5, 0.6) is 11.5 Å². The van der Waals surface area contributed by atoms with Gasteiger partial charge in [-0.2, -0.15) is 0 Å². The van der Waals surface area contributed by atoms with Crippen molar-refractivity contribution < 1.29 is 14.3 Å². The zero-order valence-electron chi connectivity index (χ0n) is 12.9. The van der Waals surface area contributed by atoms with Gasteiger partial charge in [-0.1, -0.05) is 0 Å². The molecule has 0 radical (unpaired) electrons. The fourth-order valence-corrected chi connectivity index (χ4v) is 2.72. The van der Waals surface area contributed by atoms with Gasteiger partial charge in [-0.3, -0.25) is 4.79 Å². The van der Waals surface area contributed by atoms with Crippen molar-refractivity contribution in [1.82, 2.24) is 9.55 Å². The quantitative estimate of drug-likeness (QED) is 0.817. The van der Waals surface area contributed by atoms with Gasteiger partial charge < -0.3 is 14.0 Å². The molecular formula is C17H18N2O3. The van der Waals surface area contributed by atoms with Crippen molar-refractivity contribution in [3.63, 3.8) is 0 Å². The van der Waals surface area contributed by atoms with E-state index < -0.39 is 0 Å². The van der Waals surface area contributed by atoms with E-state index in [1.54, 1.807) is 32.8 Å². The van der Waals surface area contributed by atoms with E-state index in [0.29, 0.717) is 23.5 Å². The summed E-state index contributed by atoms with van der Waals surface area (Å²) in [6.45, 7) is 0. The Balaban J connectivity index is 2.02. The predicted octanol–water partition coefficient (Wildman–Crippen LogP) is 2.65. The molecule has 0 amide bonds. The van der Waals surface area contributed by atoms with Crippen molar-refractivity contribution in [2.24, 2.45) is 7.05 Å². The molecule has 2 aromatic rings. The lowest BCUT2D eigenvalue weighted by Crippen LogP contribution is -2.15. The van der Waals surface area contributed by atoms with Crippen LogP contribution in [-0.2, 0) is 13.5 Å². The topological polar surface area (TPSA) is 53.4 Å². The first-order valence-corrected chi connectivity index (χ1v) is 7.10. The van der Waals surface area contributed by atoms with E-state index in [4.69, 9.17) is 9.47 Å². The number of rotatable bonds is 3. The minimum atomic E-state index is 0.0448. The summed E-state index contributed by atoms with van der Waals surface area (Å²) in [4.78, 5) is 16.8. The summed E-state index contributed by atoms with van der Waals surface area (Å²) in [7, 11) is 5.08. The smallest absolute Gasteiger partial charge is 0.189 e. The van der Waals surface area contributed by atoms with E-state index in [9.17, 15) is 4.79 Å². The Morgan fingerprint density at radius 3 is 2.55 bits per heavy atom. The molecule has 22 heavy (non-hydrogen) atoms. The van der Waals surface area contributed by atoms with Crippen LogP contribution in [0, 0.1) is 0 Å². The summed E-state index contributed by atoms with van der Waals surface area (Å²) in [5.41, 5.74) is 3.41. The molecular weight excluding hydrogens is 280 g/mol. The van der Waals surface area contributed by atoms with E-state index in [2.05, 4.69) is 4.98 Å². The molecule has 1 heterocycles. The molecule has 5 nitrogen and oxygen atoms in total. The molecule has 1 aliphatic rings. The fraction of sp³-hybridized carbons (Fsp3) is 0.294. The Morgan fingerprint density at radius 2 is 1.91 bits per heavy atom. The number of allylic oxidation sites excluding steroid dienone is 1. The van der Waals surface area contributed by atoms with Crippen LogP contribution in [0.25, 0.3) is 6.08 Å². The molecule has 0 fully saturated rings. The molecule has 0 N–H and O–H groups in total. The number of hydrogen-bond donors (Lipinski definition) is 0. The summed E-state index contributed by atoms with van der Waals surface area (Å²) >= 11 is 0. The Hall–Kier alpha value is -2.56. The second-order valence-electron chi connectivity index (χ2n) is 5.29. The molecule has 5 heteroatoms. The molecule has 0 aliphatic heterocycles. The number of benzene rings is 1. The molecule has 0 saturated heterocycles. The SMILES string of the molecule is COc1cc2c(cc1OC)C(=O)/C(=C\c1cncn1C)CC2. The number of ether oxygens (including phenoxy) is 2. The van der Waals surface area contributed by atoms with Crippen LogP contribution in [0.15, 0.2) is 30.2 Å². The van der Waals surface area contributed by atoms with Crippen LogP contribution >= 0.6 is 0 Å². The second kappa shape index (κ2) is 5.67. The lowest BCUT2D eigenvalue weighted by molar-refractivity contribution is 0.102. The van der Waals surface area contributed by atoms with Crippen molar-refractivity contribution in [2.45, 2.75) is 12.8 Å². The van der Waals surface area contributed by atoms with Gasteiger partial charge in [-0.05, 0) is 36.6 Å². The lowest BCUT2D eigenvalue weighted by Gasteiger charge is -2.20. The molecule has 114 valence electrons. The van der Waals surface area contributed by atoms with Gasteiger partial charge >= 0.3 is 0 Å². The Labute approximate surface area is 129 Å². The number of fused-ring (bicyclic) bond motifs is 1. The zero-order valence-corrected chi connectivity index (χ0v) is 12.9. The van der Waals surface area contributed by atoms with Crippen LogP contribution in [0.2, 0.25) is 0 Å². The molecule has 0 saturated carbocycles. The zero-order chi connectivity index (χ0) is 15.7. The number of nitrogens with zero attached hydrogens (tertiary/aromatic N) is 2. The number of imidazole rings is 1. The van der Waals surface area contributed by atoms with Gasteiger partial charge in [0.05, 0.1) is 32.4 Å². The van der Waals surface area contributed by atoms with Crippen LogP contribution < -0.4 is 9.47 Å². The van der Waals surface area contributed by atoms with Crippen LogP contribution in [0.1, 0.15) is 28.0 Å². The number of Topliss-reactive ketones (excluding diaryl/α,β-unsaturated/α-hetero) is 1. The Morgan fingerprint density at radius 1 is 1.18 bits per heavy atom. The van der Waals surface area contributed by atoms with Crippen LogP contribution in [-0.4, -0.2) is 29.6 Å². The Kier molecular flexibility index (Phi) is 3.71. The largest absolute Gasteiger partial charge is 0.493 e. The number of methoxy groups -OCH3 is 2. The van der Waals surface area contributed by atoms with E-state index in [1.807, 2.05) is 23.8 Å². The van der Waals surface area contributed by atoms with E-state index in [1.165, 1.54) is 0 Å². The standard InChI is InChI=1S/C17H18N2O3/c1-19-10-18-9-13(19)6-12-5-4-11-7-15(21-2)16(22-3)8-14(11)17(12)20/h6-10H,4-5H2,1-3H3/b12-6-. The molecule has 0 atom stereocenters. The number of ketones is 1. The van der Waals surface area contributed by atoms with Crippen molar-refractivity contribution >= 4 is 11.9 Å². The highest BCUT2D eigenvalue weighted by Crippen LogP contribution is 2.35. The minimum Gasteiger partial charge on any atom is -0.493 e. The first-order chi connectivity index (χ1) is 10.6. The van der Waals surface area contributed by atoms with Crippen molar-refractivity contribution in [3.8, 4) is 11.5 Å². The highest BCUT2D eigenvalue weighted by molar-refractivity contribution is 6.13. The van der Waals surface area contributed by atoms with Crippen molar-refractivity contribution in [3.05, 3.63) is 47.1 Å². The first-order valence-electron chi connectivity index (χ1n) is 7.10. The molecule has 1 aromatic carbocycles. The number of aromatic nitrogens is 2. The molecule has 0 spiro atoms. The predicted molar refractivity (Wildman–Crippen MR) is 83.4 cm³/mol. The van der Waals surface area contributed by atoms with Crippen LogP contribution in [0.3, 0.4) is 0 Å². The maximum absolute atomic E-state index is 12.7. The molecule has 1 aliphatic carbocycles. The van der Waals surface area contributed by atoms with E-state index in [-0.39, 0.29) is 5.78 Å². The number of carbonyl (C=O) groups excluding carboxylic acids is 1. The number of hydrogen-bond acceptors (Lipinski definition) is 4. The maximum atomic E-state index is 12.7. The van der Waals surface area contributed by atoms with Gasteiger partial charge in [0.1, 0.15) is 0 Å². The van der Waals surface area contributed by atoms with E-state index in [0.717, 1.165) is 23.3 Å². The summed E-state index contributed by atoms with van der Waals surface area (Å²) in [6, 6.07) is 3.67. The van der Waals surface area contributed by atoms with Crippen molar-refractivity contribution in [1.29, 1.82) is 0 Å². The molecule has 3 rings (SSSR count). The second-order valence-corrected chi connectivity index (χ2v) is 5.29.